The van der Waals surface area contributed by atoms with E-state index in [4.69, 9.17) is 0 Å². The zero-order valence-corrected chi connectivity index (χ0v) is 11.8. The van der Waals surface area contributed by atoms with Crippen LogP contribution in [-0.2, 0) is 4.79 Å². The van der Waals surface area contributed by atoms with Crippen LogP contribution in [0.3, 0.4) is 0 Å². The van der Waals surface area contributed by atoms with Gasteiger partial charge in [-0.15, -0.1) is 0 Å². The third-order valence-corrected chi connectivity index (χ3v) is 3.45. The number of para-hydroxylation sites is 1. The molecule has 1 atom stereocenters. The van der Waals surface area contributed by atoms with Gasteiger partial charge in [0.2, 0.25) is 5.91 Å². The fraction of sp³-hybridized carbons (Fsp3) is 0.231. The first-order chi connectivity index (χ1) is 8.58. The fourth-order valence-corrected chi connectivity index (χ4v) is 1.84. The number of benzene rings is 1. The van der Waals surface area contributed by atoms with Crippen molar-refractivity contribution in [3.63, 3.8) is 0 Å². The molecule has 1 aromatic heterocycles. The summed E-state index contributed by atoms with van der Waals surface area (Å²) in [5.41, 5.74) is 1.66. The molecule has 2 aromatic rings. The first-order valence-electron chi connectivity index (χ1n) is 5.65. The van der Waals surface area contributed by atoms with Crippen LogP contribution in [-0.4, -0.2) is 15.7 Å². The molecule has 0 aliphatic heterocycles. The van der Waals surface area contributed by atoms with Gasteiger partial charge in [0, 0.05) is 11.9 Å². The molecule has 2 rings (SSSR count). The number of nitrogens with one attached hydrogen (secondary N) is 1. The smallest absolute Gasteiger partial charge is 0.248 e. The van der Waals surface area contributed by atoms with Gasteiger partial charge in [-0.3, -0.25) is 9.48 Å². The van der Waals surface area contributed by atoms with Crippen LogP contribution in [0.25, 0.3) is 0 Å². The van der Waals surface area contributed by atoms with Crippen molar-refractivity contribution in [3.8, 4) is 0 Å². The van der Waals surface area contributed by atoms with Crippen LogP contribution >= 0.6 is 15.9 Å². The van der Waals surface area contributed by atoms with E-state index in [0.717, 1.165) is 15.9 Å². The first kappa shape index (κ1) is 12.8. The molecule has 94 valence electrons. The maximum atomic E-state index is 12.0. The van der Waals surface area contributed by atoms with Gasteiger partial charge >= 0.3 is 0 Å². The molecular formula is C13H14BrN3O. The Hall–Kier alpha value is -1.62. The lowest BCUT2D eigenvalue weighted by atomic mass is 10.3. The Labute approximate surface area is 114 Å². The molecular weight excluding hydrogens is 294 g/mol. The number of hydrogen-bond acceptors (Lipinski definition) is 2. The fourth-order valence-electron chi connectivity index (χ4n) is 1.55. The highest BCUT2D eigenvalue weighted by atomic mass is 79.9. The highest BCUT2D eigenvalue weighted by Gasteiger charge is 2.16. The first-order valence-corrected chi connectivity index (χ1v) is 6.44. The lowest BCUT2D eigenvalue weighted by Gasteiger charge is -2.12. The predicted octanol–water partition coefficient (Wildman–Crippen LogP) is 3.15. The monoisotopic (exact) mass is 307 g/mol. The molecule has 5 heteroatoms. The average molecular weight is 308 g/mol. The Balaban J connectivity index is 2.09. The largest absolute Gasteiger partial charge is 0.324 e. The molecule has 0 saturated heterocycles. The van der Waals surface area contributed by atoms with E-state index >= 15 is 0 Å². The Morgan fingerprint density at radius 3 is 2.61 bits per heavy atom. The number of amides is 1. The quantitative estimate of drug-likeness (QED) is 0.947. The maximum Gasteiger partial charge on any atom is 0.248 e. The Morgan fingerprint density at radius 2 is 2.06 bits per heavy atom. The van der Waals surface area contributed by atoms with Crippen molar-refractivity contribution in [2.45, 2.75) is 19.9 Å². The molecule has 0 aliphatic rings. The third kappa shape index (κ3) is 2.79. The number of halogens is 1. The molecule has 0 bridgehead atoms. The lowest BCUT2D eigenvalue weighted by Crippen LogP contribution is -2.24. The van der Waals surface area contributed by atoms with Crippen LogP contribution in [0, 0.1) is 6.92 Å². The zero-order valence-electron chi connectivity index (χ0n) is 10.2. The second-order valence-corrected chi connectivity index (χ2v) is 4.93. The standard InChI is InChI=1S/C13H14BrN3O/c1-9-12(14)8-17(16-9)10(2)13(18)15-11-6-4-3-5-7-11/h3-8,10H,1-2H3,(H,15,18). The summed E-state index contributed by atoms with van der Waals surface area (Å²) in [6.45, 7) is 3.71. The summed E-state index contributed by atoms with van der Waals surface area (Å²) in [6, 6.07) is 9.04. The van der Waals surface area contributed by atoms with Gasteiger partial charge in [0.05, 0.1) is 10.2 Å². The van der Waals surface area contributed by atoms with E-state index in [9.17, 15) is 4.79 Å². The number of carbonyl (C=O) groups is 1. The van der Waals surface area contributed by atoms with E-state index in [2.05, 4.69) is 26.3 Å². The van der Waals surface area contributed by atoms with Gasteiger partial charge in [-0.2, -0.15) is 5.10 Å². The summed E-state index contributed by atoms with van der Waals surface area (Å²) in [4.78, 5) is 12.0. The van der Waals surface area contributed by atoms with Crippen molar-refractivity contribution in [1.29, 1.82) is 0 Å². The average Bonchev–Trinajstić information content (AvgIpc) is 2.70. The summed E-state index contributed by atoms with van der Waals surface area (Å²) in [7, 11) is 0. The molecule has 4 nitrogen and oxygen atoms in total. The highest BCUT2D eigenvalue weighted by Crippen LogP contribution is 2.17. The summed E-state index contributed by atoms with van der Waals surface area (Å²) in [5.74, 6) is -0.0869. The summed E-state index contributed by atoms with van der Waals surface area (Å²) >= 11 is 3.39. The van der Waals surface area contributed by atoms with Gasteiger partial charge in [0.15, 0.2) is 0 Å². The molecule has 1 heterocycles. The molecule has 18 heavy (non-hydrogen) atoms. The van der Waals surface area contributed by atoms with Crippen molar-refractivity contribution in [2.24, 2.45) is 0 Å². The maximum absolute atomic E-state index is 12.0. The molecule has 1 N–H and O–H groups in total. The molecule has 0 fully saturated rings. The number of nitrogens with zero attached hydrogens (tertiary/aromatic N) is 2. The van der Waals surface area contributed by atoms with Gasteiger partial charge in [0.25, 0.3) is 0 Å². The van der Waals surface area contributed by atoms with Crippen LogP contribution in [0.15, 0.2) is 41.0 Å². The third-order valence-electron chi connectivity index (χ3n) is 2.67. The van der Waals surface area contributed by atoms with Gasteiger partial charge in [-0.05, 0) is 41.9 Å². The minimum Gasteiger partial charge on any atom is -0.324 e. The van der Waals surface area contributed by atoms with E-state index in [1.165, 1.54) is 0 Å². The van der Waals surface area contributed by atoms with Gasteiger partial charge in [0.1, 0.15) is 6.04 Å². The molecule has 1 amide bonds. The Kier molecular flexibility index (Phi) is 3.81. The van der Waals surface area contributed by atoms with Crippen LogP contribution in [0.1, 0.15) is 18.7 Å². The molecule has 0 spiro atoms. The van der Waals surface area contributed by atoms with Crippen molar-refractivity contribution in [3.05, 3.63) is 46.7 Å². The number of hydrogen-bond donors (Lipinski definition) is 1. The predicted molar refractivity (Wildman–Crippen MR) is 74.4 cm³/mol. The molecule has 0 aliphatic carbocycles. The SMILES string of the molecule is Cc1nn(C(C)C(=O)Nc2ccccc2)cc1Br. The van der Waals surface area contributed by atoms with Crippen molar-refractivity contribution < 1.29 is 4.79 Å². The lowest BCUT2D eigenvalue weighted by molar-refractivity contribution is -0.119. The summed E-state index contributed by atoms with van der Waals surface area (Å²) < 4.78 is 2.55. The van der Waals surface area contributed by atoms with Gasteiger partial charge < -0.3 is 5.32 Å². The van der Waals surface area contributed by atoms with Crippen LogP contribution in [0.2, 0.25) is 0 Å². The highest BCUT2D eigenvalue weighted by molar-refractivity contribution is 9.10. The normalized spacial score (nSPS) is 12.2. The Morgan fingerprint density at radius 1 is 1.39 bits per heavy atom. The van der Waals surface area contributed by atoms with Crippen LogP contribution in [0.4, 0.5) is 5.69 Å². The van der Waals surface area contributed by atoms with Gasteiger partial charge in [-0.25, -0.2) is 0 Å². The van der Waals surface area contributed by atoms with E-state index in [0.29, 0.717) is 0 Å². The number of rotatable bonds is 3. The molecule has 1 aromatic carbocycles. The van der Waals surface area contributed by atoms with Crippen LogP contribution in [0.5, 0.6) is 0 Å². The van der Waals surface area contributed by atoms with E-state index < -0.39 is 0 Å². The second-order valence-electron chi connectivity index (χ2n) is 4.07. The summed E-state index contributed by atoms with van der Waals surface area (Å²) in [6.07, 6.45) is 1.81. The number of carbonyl (C=O) groups excluding carboxylic acids is 1. The zero-order chi connectivity index (χ0) is 13.1. The minimum absolute atomic E-state index is 0.0869. The minimum atomic E-state index is -0.352. The van der Waals surface area contributed by atoms with Crippen molar-refractivity contribution >= 4 is 27.5 Å². The van der Waals surface area contributed by atoms with Crippen molar-refractivity contribution in [1.82, 2.24) is 9.78 Å². The molecule has 0 radical (unpaired) electrons. The van der Waals surface area contributed by atoms with E-state index in [-0.39, 0.29) is 11.9 Å². The van der Waals surface area contributed by atoms with Crippen molar-refractivity contribution in [2.75, 3.05) is 5.32 Å². The second kappa shape index (κ2) is 5.35. The molecule has 0 saturated carbocycles. The Bertz CT molecular complexity index is 531. The number of aryl methyl sites for hydroxylation is 1. The van der Waals surface area contributed by atoms with E-state index in [1.54, 1.807) is 4.68 Å². The van der Waals surface area contributed by atoms with E-state index in [1.807, 2.05) is 50.4 Å². The molecule has 1 unspecified atom stereocenters. The van der Waals surface area contributed by atoms with Gasteiger partial charge in [-0.1, -0.05) is 18.2 Å². The van der Waals surface area contributed by atoms with Crippen LogP contribution < -0.4 is 5.32 Å². The topological polar surface area (TPSA) is 46.9 Å². The number of anilines is 1. The summed E-state index contributed by atoms with van der Waals surface area (Å²) in [5, 5.41) is 7.14. The number of aromatic nitrogens is 2.